The van der Waals surface area contributed by atoms with Crippen LogP contribution in [0.25, 0.3) is 11.3 Å². The number of nitrogens with one attached hydrogen (secondary N) is 2. The number of rotatable bonds is 7. The zero-order valence-electron chi connectivity index (χ0n) is 21.0. The number of amides is 1. The van der Waals surface area contributed by atoms with Crippen molar-refractivity contribution in [1.82, 2.24) is 14.7 Å². The van der Waals surface area contributed by atoms with Crippen LogP contribution in [-0.2, 0) is 10.0 Å². The van der Waals surface area contributed by atoms with Crippen LogP contribution in [-0.4, -0.2) is 31.4 Å². The average molecular weight is 538 g/mol. The molecule has 0 unspecified atom stereocenters. The fourth-order valence-corrected chi connectivity index (χ4v) is 4.97. The maximum atomic E-state index is 14.0. The number of ether oxygens (including phenoxy) is 2. The number of benzene rings is 2. The summed E-state index contributed by atoms with van der Waals surface area (Å²) >= 11 is 0. The maximum Gasteiger partial charge on any atom is 0.270 e. The molecule has 2 N–H and O–H groups in total. The zero-order valence-corrected chi connectivity index (χ0v) is 21.8. The van der Waals surface area contributed by atoms with Gasteiger partial charge in [-0.15, -0.1) is 0 Å². The molecule has 11 heteroatoms. The number of nitrogens with zero attached hydrogens (tertiary/aromatic N) is 1. The van der Waals surface area contributed by atoms with Crippen molar-refractivity contribution in [2.24, 2.45) is 0 Å². The van der Waals surface area contributed by atoms with E-state index in [0.717, 1.165) is 22.8 Å². The van der Waals surface area contributed by atoms with Gasteiger partial charge in [-0.05, 0) is 74.4 Å². The van der Waals surface area contributed by atoms with Gasteiger partial charge in [0.05, 0.1) is 12.8 Å². The number of carbonyl (C=O) groups is 1. The minimum atomic E-state index is -4.51. The lowest BCUT2D eigenvalue weighted by atomic mass is 10.1. The highest BCUT2D eigenvalue weighted by Crippen LogP contribution is 2.33. The average Bonchev–Trinajstić information content (AvgIpc) is 2.86. The zero-order chi connectivity index (χ0) is 27.6. The van der Waals surface area contributed by atoms with Gasteiger partial charge in [0.15, 0.2) is 16.5 Å². The molecule has 2 heterocycles. The number of pyridine rings is 2. The van der Waals surface area contributed by atoms with E-state index in [4.69, 9.17) is 9.47 Å². The van der Waals surface area contributed by atoms with Gasteiger partial charge < -0.3 is 14.5 Å². The Kier molecular flexibility index (Phi) is 7.31. The highest BCUT2D eigenvalue weighted by molar-refractivity contribution is 7.90. The second kappa shape index (κ2) is 10.5. The molecule has 9 nitrogen and oxygen atoms in total. The molecular formula is C27H24FN3O6S. The molecule has 196 valence electrons. The van der Waals surface area contributed by atoms with Gasteiger partial charge in [-0.2, -0.15) is 0 Å². The van der Waals surface area contributed by atoms with E-state index in [-0.39, 0.29) is 17.2 Å². The van der Waals surface area contributed by atoms with E-state index in [1.54, 1.807) is 0 Å². The minimum Gasteiger partial charge on any atom is -0.494 e. The Morgan fingerprint density at radius 3 is 2.39 bits per heavy atom. The number of H-pyrrole nitrogens is 1. The van der Waals surface area contributed by atoms with Crippen molar-refractivity contribution in [3.63, 3.8) is 0 Å². The third-order valence-electron chi connectivity index (χ3n) is 5.65. The number of aryl methyl sites for hydroxylation is 3. The molecule has 1 amide bonds. The van der Waals surface area contributed by atoms with Crippen LogP contribution in [0.4, 0.5) is 4.39 Å². The molecule has 0 aliphatic rings. The van der Waals surface area contributed by atoms with E-state index < -0.39 is 32.2 Å². The van der Waals surface area contributed by atoms with Gasteiger partial charge >= 0.3 is 0 Å². The van der Waals surface area contributed by atoms with E-state index >= 15 is 0 Å². The molecule has 0 atom stereocenters. The summed E-state index contributed by atoms with van der Waals surface area (Å²) in [5, 5.41) is 0. The first-order valence-electron chi connectivity index (χ1n) is 11.4. The molecule has 4 rings (SSSR count). The fraction of sp³-hybridized carbons (Fsp3) is 0.148. The summed E-state index contributed by atoms with van der Waals surface area (Å²) in [5.41, 5.74) is 2.26. The molecule has 0 aliphatic carbocycles. The summed E-state index contributed by atoms with van der Waals surface area (Å²) in [6.07, 6.45) is 1.27. The molecular weight excluding hydrogens is 513 g/mol. The highest BCUT2D eigenvalue weighted by Gasteiger charge is 2.25. The third-order valence-corrected chi connectivity index (χ3v) is 7.01. The summed E-state index contributed by atoms with van der Waals surface area (Å²) in [5.74, 6) is -1.36. The molecule has 0 spiro atoms. The summed E-state index contributed by atoms with van der Waals surface area (Å²) in [4.78, 5) is 31.3. The van der Waals surface area contributed by atoms with E-state index in [2.05, 4.69) is 9.97 Å². The Morgan fingerprint density at radius 2 is 1.74 bits per heavy atom. The van der Waals surface area contributed by atoms with Crippen LogP contribution in [0.1, 0.15) is 27.0 Å². The SMILES string of the molecule is COc1cc(-c2ccc(C(=O)NS(=O)(=O)c3ccc[nH]c3=O)c(Oc3c(C)cc(C)cc3C)n2)ccc1F. The number of aromatic nitrogens is 2. The van der Waals surface area contributed by atoms with E-state index in [1.165, 1.54) is 49.7 Å². The number of halogens is 1. The number of methoxy groups -OCH3 is 1. The van der Waals surface area contributed by atoms with Crippen LogP contribution >= 0.6 is 0 Å². The summed E-state index contributed by atoms with van der Waals surface area (Å²) in [6, 6.07) is 13.1. The molecule has 38 heavy (non-hydrogen) atoms. The standard InChI is InChI=1S/C27H24FN3O6S/c1-15-12-16(2)24(17(3)13-15)37-27-19(25(32)31-38(34,35)23-6-5-11-29-26(23)33)8-10-21(30-27)18-7-9-20(28)22(14-18)36-4/h5-14H,1-4H3,(H,29,33)(H,31,32). The second-order valence-corrected chi connectivity index (χ2v) is 10.2. The number of carbonyl (C=O) groups excluding carboxylic acids is 1. The Labute approximate surface area is 218 Å². The molecule has 0 aliphatic heterocycles. The lowest BCUT2D eigenvalue weighted by Gasteiger charge is -2.16. The highest BCUT2D eigenvalue weighted by atomic mass is 32.2. The number of hydrogen-bond acceptors (Lipinski definition) is 7. The molecule has 0 bridgehead atoms. The largest absolute Gasteiger partial charge is 0.494 e. The van der Waals surface area contributed by atoms with Gasteiger partial charge in [0.2, 0.25) is 5.88 Å². The first-order chi connectivity index (χ1) is 18.0. The number of sulfonamides is 1. The van der Waals surface area contributed by atoms with Gasteiger partial charge in [-0.3, -0.25) is 9.59 Å². The number of hydrogen-bond donors (Lipinski definition) is 2. The van der Waals surface area contributed by atoms with Crippen molar-refractivity contribution in [3.05, 3.63) is 99.2 Å². The van der Waals surface area contributed by atoms with Crippen LogP contribution < -0.4 is 19.8 Å². The normalized spacial score (nSPS) is 11.2. The van der Waals surface area contributed by atoms with Crippen molar-refractivity contribution in [2.45, 2.75) is 25.7 Å². The molecule has 0 saturated carbocycles. The lowest BCUT2D eigenvalue weighted by Crippen LogP contribution is -2.34. The van der Waals surface area contributed by atoms with Crippen LogP contribution in [0.15, 0.2) is 70.5 Å². The second-order valence-electron chi connectivity index (χ2n) is 8.53. The van der Waals surface area contributed by atoms with Crippen molar-refractivity contribution in [2.75, 3.05) is 7.11 Å². The van der Waals surface area contributed by atoms with E-state index in [0.29, 0.717) is 17.0 Å². The summed E-state index contributed by atoms with van der Waals surface area (Å²) in [7, 11) is -3.18. The van der Waals surface area contributed by atoms with Gasteiger partial charge in [0.25, 0.3) is 21.5 Å². The smallest absolute Gasteiger partial charge is 0.270 e. The monoisotopic (exact) mass is 537 g/mol. The van der Waals surface area contributed by atoms with Crippen molar-refractivity contribution < 1.29 is 27.1 Å². The number of aromatic amines is 1. The minimum absolute atomic E-state index is 0.00186. The molecule has 0 radical (unpaired) electrons. The van der Waals surface area contributed by atoms with Crippen LogP contribution in [0.5, 0.6) is 17.4 Å². The summed E-state index contributed by atoms with van der Waals surface area (Å²) < 4.78 is 52.6. The van der Waals surface area contributed by atoms with Gasteiger partial charge in [0.1, 0.15) is 11.3 Å². The Bertz CT molecular complexity index is 1690. The maximum absolute atomic E-state index is 14.0. The quantitative estimate of drug-likeness (QED) is 0.357. The predicted octanol–water partition coefficient (Wildman–Crippen LogP) is 4.42. The lowest BCUT2D eigenvalue weighted by molar-refractivity contribution is 0.0978. The Hall–Kier alpha value is -4.51. The van der Waals surface area contributed by atoms with Gasteiger partial charge in [-0.25, -0.2) is 22.5 Å². The molecule has 0 saturated heterocycles. The van der Waals surface area contributed by atoms with E-state index in [9.17, 15) is 22.4 Å². The topological polar surface area (TPSA) is 127 Å². The first kappa shape index (κ1) is 26.6. The Morgan fingerprint density at radius 1 is 1.03 bits per heavy atom. The Balaban J connectivity index is 1.81. The van der Waals surface area contributed by atoms with Gasteiger partial charge in [-0.1, -0.05) is 17.7 Å². The first-order valence-corrected chi connectivity index (χ1v) is 12.8. The molecule has 2 aromatic carbocycles. The van der Waals surface area contributed by atoms with Gasteiger partial charge in [0, 0.05) is 11.8 Å². The van der Waals surface area contributed by atoms with Crippen LogP contribution in [0.3, 0.4) is 0 Å². The summed E-state index contributed by atoms with van der Waals surface area (Å²) in [6.45, 7) is 5.59. The van der Waals surface area contributed by atoms with Crippen LogP contribution in [0.2, 0.25) is 0 Å². The fourth-order valence-electron chi connectivity index (χ4n) is 3.95. The molecule has 0 fully saturated rings. The molecule has 2 aromatic heterocycles. The van der Waals surface area contributed by atoms with E-state index in [1.807, 2.05) is 37.6 Å². The van der Waals surface area contributed by atoms with Crippen molar-refractivity contribution in [1.29, 1.82) is 0 Å². The van der Waals surface area contributed by atoms with Crippen molar-refractivity contribution >= 4 is 15.9 Å². The van der Waals surface area contributed by atoms with Crippen LogP contribution in [0, 0.1) is 26.6 Å². The van der Waals surface area contributed by atoms with Crippen molar-refractivity contribution in [3.8, 4) is 28.6 Å². The predicted molar refractivity (Wildman–Crippen MR) is 139 cm³/mol. The molecule has 4 aromatic rings. The third kappa shape index (κ3) is 5.42.